The number of hydrogen-bond donors (Lipinski definition) is 3. The summed E-state index contributed by atoms with van der Waals surface area (Å²) in [5, 5.41) is 14.2. The van der Waals surface area contributed by atoms with Gasteiger partial charge in [-0.25, -0.2) is 0 Å². The lowest BCUT2D eigenvalue weighted by molar-refractivity contribution is -0.129. The van der Waals surface area contributed by atoms with Crippen LogP contribution < -0.4 is 5.32 Å². The van der Waals surface area contributed by atoms with Crippen molar-refractivity contribution in [3.63, 3.8) is 0 Å². The van der Waals surface area contributed by atoms with E-state index in [0.717, 1.165) is 37.0 Å². The second-order valence-corrected chi connectivity index (χ2v) is 12.8. The van der Waals surface area contributed by atoms with Crippen molar-refractivity contribution in [1.82, 2.24) is 15.2 Å². The second kappa shape index (κ2) is 11.4. The minimum Gasteiger partial charge on any atom is -0.394 e. The van der Waals surface area contributed by atoms with E-state index in [9.17, 15) is 14.7 Å². The fourth-order valence-electron chi connectivity index (χ4n) is 5.10. The number of fused-ring (bicyclic) bond motifs is 1. The molecular formula is C30H29BrClN3O3S. The highest BCUT2D eigenvalue weighted by atomic mass is 79.9. The standard InChI is InChI=1S/C30H29BrClN3O3S/c1-18-3-10-23(11-4-18)39-30(29(38)34-19(2)17-36)14-27(37)35(16-20-5-7-21(31)8-6-20)28(30)25-15-33-26-13-22(32)9-12-24(25)26/h3-13,15,19,28,33,36H,14,16-17H2,1-2H3,(H,34,38)/t19-,28-,30-/m1/s1. The van der Waals surface area contributed by atoms with E-state index in [1.807, 2.05) is 84.8 Å². The van der Waals surface area contributed by atoms with Gasteiger partial charge in [0.05, 0.1) is 19.1 Å². The van der Waals surface area contributed by atoms with Crippen molar-refractivity contribution in [1.29, 1.82) is 0 Å². The first-order valence-electron chi connectivity index (χ1n) is 12.7. The van der Waals surface area contributed by atoms with Gasteiger partial charge in [-0.2, -0.15) is 0 Å². The third kappa shape index (κ3) is 5.61. The fraction of sp³-hybridized carbons (Fsp3) is 0.267. The second-order valence-electron chi connectivity index (χ2n) is 10.0. The molecule has 0 saturated carbocycles. The quantitative estimate of drug-likeness (QED) is 0.212. The molecule has 1 aromatic heterocycles. The summed E-state index contributed by atoms with van der Waals surface area (Å²) in [4.78, 5) is 34.1. The monoisotopic (exact) mass is 625 g/mol. The molecule has 0 radical (unpaired) electrons. The maximum Gasteiger partial charge on any atom is 0.239 e. The molecule has 0 unspecified atom stereocenters. The summed E-state index contributed by atoms with van der Waals surface area (Å²) in [5.41, 5.74) is 3.74. The van der Waals surface area contributed by atoms with Gasteiger partial charge >= 0.3 is 0 Å². The highest BCUT2D eigenvalue weighted by molar-refractivity contribution is 9.10. The zero-order valence-corrected chi connectivity index (χ0v) is 24.7. The Kier molecular flexibility index (Phi) is 8.10. The SMILES string of the molecule is Cc1ccc(S[C@]2(C(=O)N[C@H](C)CO)CC(=O)N(Cc3ccc(Br)cc3)[C@@H]2c2c[nH]c3cc(Cl)ccc23)cc1. The highest BCUT2D eigenvalue weighted by Gasteiger charge is 2.58. The number of amides is 2. The molecule has 202 valence electrons. The molecule has 3 atom stereocenters. The predicted octanol–water partition coefficient (Wildman–Crippen LogP) is 6.39. The molecule has 1 saturated heterocycles. The third-order valence-corrected chi connectivity index (χ3v) is 9.27. The molecule has 9 heteroatoms. The molecular weight excluding hydrogens is 598 g/mol. The van der Waals surface area contributed by atoms with Gasteiger partial charge in [0.1, 0.15) is 4.75 Å². The molecule has 5 rings (SSSR count). The van der Waals surface area contributed by atoms with Gasteiger partial charge in [-0.1, -0.05) is 63.4 Å². The number of aliphatic hydroxyl groups is 1. The first kappa shape index (κ1) is 27.8. The van der Waals surface area contributed by atoms with Crippen LogP contribution in [0.2, 0.25) is 5.02 Å². The molecule has 6 nitrogen and oxygen atoms in total. The first-order chi connectivity index (χ1) is 18.7. The largest absolute Gasteiger partial charge is 0.394 e. The Hall–Kier alpha value is -2.78. The minimum absolute atomic E-state index is 0.0109. The molecule has 3 N–H and O–H groups in total. The van der Waals surface area contributed by atoms with Crippen molar-refractivity contribution in [3.05, 3.63) is 99.1 Å². The Bertz CT molecular complexity index is 1510. The highest BCUT2D eigenvalue weighted by Crippen LogP contribution is 2.54. The number of benzene rings is 3. The molecule has 2 heterocycles. The maximum atomic E-state index is 14.2. The average molecular weight is 627 g/mol. The number of thioether (sulfide) groups is 1. The van der Waals surface area contributed by atoms with E-state index in [1.165, 1.54) is 11.8 Å². The van der Waals surface area contributed by atoms with Crippen LogP contribution in [0.3, 0.4) is 0 Å². The molecule has 1 aliphatic rings. The summed E-state index contributed by atoms with van der Waals surface area (Å²) in [6.07, 6.45) is 1.89. The summed E-state index contributed by atoms with van der Waals surface area (Å²) < 4.78 is -0.245. The number of nitrogens with one attached hydrogen (secondary N) is 2. The molecule has 39 heavy (non-hydrogen) atoms. The average Bonchev–Trinajstić information content (AvgIpc) is 3.44. The predicted molar refractivity (Wildman–Crippen MR) is 160 cm³/mol. The molecule has 2 amide bonds. The van der Waals surface area contributed by atoms with E-state index < -0.39 is 16.8 Å². The molecule has 0 aliphatic carbocycles. The van der Waals surface area contributed by atoms with Crippen LogP contribution in [-0.2, 0) is 16.1 Å². The van der Waals surface area contributed by atoms with Crippen molar-refractivity contribution in [2.24, 2.45) is 0 Å². The van der Waals surface area contributed by atoms with Crippen LogP contribution in [0.1, 0.15) is 36.1 Å². The Morgan fingerprint density at radius 2 is 1.92 bits per heavy atom. The Labute approximate surface area is 245 Å². The zero-order chi connectivity index (χ0) is 27.7. The van der Waals surface area contributed by atoms with E-state index in [0.29, 0.717) is 11.6 Å². The van der Waals surface area contributed by atoms with Gasteiger partial charge in [0, 0.05) is 49.6 Å². The number of aromatic nitrogens is 1. The summed E-state index contributed by atoms with van der Waals surface area (Å²) in [6, 6.07) is 20.4. The lowest BCUT2D eigenvalue weighted by Gasteiger charge is -2.37. The Morgan fingerprint density at radius 3 is 2.62 bits per heavy atom. The van der Waals surface area contributed by atoms with Crippen molar-refractivity contribution in [3.8, 4) is 0 Å². The number of nitrogens with zero attached hydrogens (tertiary/aromatic N) is 1. The topological polar surface area (TPSA) is 85.4 Å². The van der Waals surface area contributed by atoms with Gasteiger partial charge in [0.2, 0.25) is 11.8 Å². The van der Waals surface area contributed by atoms with Gasteiger partial charge < -0.3 is 20.3 Å². The first-order valence-corrected chi connectivity index (χ1v) is 14.7. The number of hydrogen-bond acceptors (Lipinski definition) is 4. The smallest absolute Gasteiger partial charge is 0.239 e. The van der Waals surface area contributed by atoms with Crippen molar-refractivity contribution in [2.75, 3.05) is 6.61 Å². The summed E-state index contributed by atoms with van der Waals surface area (Å²) in [5.74, 6) is -0.396. The molecule has 0 spiro atoms. The number of carbonyl (C=O) groups is 2. The van der Waals surface area contributed by atoms with Crippen LogP contribution in [-0.4, -0.2) is 44.2 Å². The lowest BCUT2D eigenvalue weighted by atomic mass is 9.90. The Balaban J connectivity index is 1.69. The van der Waals surface area contributed by atoms with E-state index in [1.54, 1.807) is 6.92 Å². The number of likely N-dealkylation sites (tertiary alicyclic amines) is 1. The van der Waals surface area contributed by atoms with Crippen LogP contribution in [0.15, 0.2) is 82.3 Å². The van der Waals surface area contributed by atoms with Crippen LogP contribution in [0.5, 0.6) is 0 Å². The van der Waals surface area contributed by atoms with E-state index >= 15 is 0 Å². The number of aromatic amines is 1. The van der Waals surface area contributed by atoms with Crippen LogP contribution in [0.25, 0.3) is 10.9 Å². The summed E-state index contributed by atoms with van der Waals surface area (Å²) in [6.45, 7) is 3.90. The summed E-state index contributed by atoms with van der Waals surface area (Å²) in [7, 11) is 0. The van der Waals surface area contributed by atoms with E-state index in [2.05, 4.69) is 26.2 Å². The third-order valence-electron chi connectivity index (χ3n) is 7.08. The fourth-order valence-corrected chi connectivity index (χ4v) is 6.94. The number of aryl methyl sites for hydroxylation is 1. The Morgan fingerprint density at radius 1 is 1.21 bits per heavy atom. The van der Waals surface area contributed by atoms with Crippen molar-refractivity contribution < 1.29 is 14.7 Å². The van der Waals surface area contributed by atoms with Crippen molar-refractivity contribution in [2.45, 2.75) is 48.5 Å². The number of halogens is 2. The van der Waals surface area contributed by atoms with Gasteiger partial charge in [-0.05, 0) is 55.8 Å². The molecule has 1 aliphatic heterocycles. The van der Waals surface area contributed by atoms with E-state index in [4.69, 9.17) is 11.6 Å². The normalized spacial score (nSPS) is 20.0. The van der Waals surface area contributed by atoms with Gasteiger partial charge in [0.15, 0.2) is 0 Å². The molecule has 1 fully saturated rings. The number of aliphatic hydroxyl groups excluding tert-OH is 1. The molecule has 0 bridgehead atoms. The van der Waals surface area contributed by atoms with Gasteiger partial charge in [0.25, 0.3) is 0 Å². The molecule has 3 aromatic carbocycles. The van der Waals surface area contributed by atoms with Crippen molar-refractivity contribution >= 4 is 62.0 Å². The maximum absolute atomic E-state index is 14.2. The number of rotatable bonds is 8. The number of carbonyl (C=O) groups excluding carboxylic acids is 2. The van der Waals surface area contributed by atoms with Gasteiger partial charge in [-0.15, -0.1) is 11.8 Å². The van der Waals surface area contributed by atoms with E-state index in [-0.39, 0.29) is 24.8 Å². The van der Waals surface area contributed by atoms with Crippen LogP contribution >= 0.6 is 39.3 Å². The minimum atomic E-state index is -1.19. The summed E-state index contributed by atoms with van der Waals surface area (Å²) >= 11 is 11.2. The number of H-pyrrole nitrogens is 1. The molecule has 4 aromatic rings. The lowest BCUT2D eigenvalue weighted by Crippen LogP contribution is -2.51. The zero-order valence-electron chi connectivity index (χ0n) is 21.6. The van der Waals surface area contributed by atoms with Crippen LogP contribution in [0.4, 0.5) is 0 Å². The van der Waals surface area contributed by atoms with Gasteiger partial charge in [-0.3, -0.25) is 9.59 Å². The van der Waals surface area contributed by atoms with Crippen LogP contribution in [0, 0.1) is 6.92 Å².